The number of rotatable bonds is 4. The molecule has 2 aromatic heterocycles. The maximum Gasteiger partial charge on any atom is 0.265 e. The maximum absolute atomic E-state index is 12.9. The molecule has 4 rings (SSSR count). The predicted molar refractivity (Wildman–Crippen MR) is 102 cm³/mol. The first-order valence-corrected chi connectivity index (χ1v) is 10.2. The van der Waals surface area contributed by atoms with Gasteiger partial charge in [0, 0.05) is 37.1 Å². The fourth-order valence-electron chi connectivity index (χ4n) is 2.80. The van der Waals surface area contributed by atoms with Crippen molar-refractivity contribution in [2.75, 3.05) is 23.7 Å². The zero-order chi connectivity index (χ0) is 17.4. The van der Waals surface area contributed by atoms with Crippen molar-refractivity contribution in [1.29, 1.82) is 0 Å². The molecule has 0 saturated carbocycles. The fraction of sp³-hybridized carbons (Fsp3) is 0.176. The number of benzene rings is 1. The van der Waals surface area contributed by atoms with E-state index >= 15 is 0 Å². The lowest BCUT2D eigenvalue weighted by molar-refractivity contribution is 0.594. The van der Waals surface area contributed by atoms with Crippen molar-refractivity contribution in [3.05, 3.63) is 54.5 Å². The standard InChI is InChI=1S/C17H16N4O2S2/c1-21(25(22,23)13-5-3-7-18-11-13)15-6-2-4-12-10-14(20-16(12)15)17-19-8-9-24-17/h2-7,10-11,20H,8-9H2,1H3. The van der Waals surface area contributed by atoms with E-state index in [1.165, 1.54) is 10.5 Å². The lowest BCUT2D eigenvalue weighted by Gasteiger charge is -2.20. The molecule has 1 aliphatic heterocycles. The van der Waals surface area contributed by atoms with Crippen LogP contribution in [0, 0.1) is 0 Å². The van der Waals surface area contributed by atoms with Gasteiger partial charge in [0.2, 0.25) is 0 Å². The van der Waals surface area contributed by atoms with Gasteiger partial charge in [0.25, 0.3) is 10.0 Å². The van der Waals surface area contributed by atoms with Crippen LogP contribution in [0.5, 0.6) is 0 Å². The molecule has 0 atom stereocenters. The molecular formula is C17H16N4O2S2. The SMILES string of the molecule is CN(c1cccc2cc(C3=NCCS3)[nH]c12)S(=O)(=O)c1cccnc1. The number of nitrogens with one attached hydrogen (secondary N) is 1. The molecule has 0 saturated heterocycles. The highest BCUT2D eigenvalue weighted by Gasteiger charge is 2.24. The zero-order valence-electron chi connectivity index (χ0n) is 13.5. The van der Waals surface area contributed by atoms with E-state index in [-0.39, 0.29) is 4.90 Å². The summed E-state index contributed by atoms with van der Waals surface area (Å²) < 4.78 is 27.1. The second-order valence-corrected chi connectivity index (χ2v) is 8.67. The molecule has 0 radical (unpaired) electrons. The highest BCUT2D eigenvalue weighted by atomic mass is 32.2. The maximum atomic E-state index is 12.9. The van der Waals surface area contributed by atoms with Crippen LogP contribution in [0.2, 0.25) is 0 Å². The number of thioether (sulfide) groups is 1. The third kappa shape index (κ3) is 2.81. The monoisotopic (exact) mass is 372 g/mol. The molecule has 25 heavy (non-hydrogen) atoms. The van der Waals surface area contributed by atoms with Crippen LogP contribution in [0.4, 0.5) is 5.69 Å². The van der Waals surface area contributed by atoms with Gasteiger partial charge >= 0.3 is 0 Å². The fourth-order valence-corrected chi connectivity index (χ4v) is 4.80. The van der Waals surface area contributed by atoms with Crippen LogP contribution in [0.3, 0.4) is 0 Å². The number of H-pyrrole nitrogens is 1. The summed E-state index contributed by atoms with van der Waals surface area (Å²) in [5.41, 5.74) is 2.30. The molecule has 3 aromatic rings. The molecule has 0 aliphatic carbocycles. The number of hydrogen-bond donors (Lipinski definition) is 1. The highest BCUT2D eigenvalue weighted by Crippen LogP contribution is 2.31. The Balaban J connectivity index is 1.81. The summed E-state index contributed by atoms with van der Waals surface area (Å²) in [6.45, 7) is 0.817. The van der Waals surface area contributed by atoms with Crippen LogP contribution < -0.4 is 4.31 Å². The van der Waals surface area contributed by atoms with E-state index in [2.05, 4.69) is 15.0 Å². The van der Waals surface area contributed by atoms with E-state index < -0.39 is 10.0 Å². The predicted octanol–water partition coefficient (Wildman–Crippen LogP) is 2.88. The third-order valence-corrected chi connectivity index (χ3v) is 6.85. The average Bonchev–Trinajstić information content (AvgIpc) is 3.30. The summed E-state index contributed by atoms with van der Waals surface area (Å²) in [6, 6.07) is 10.8. The Morgan fingerprint density at radius 2 is 2.12 bits per heavy atom. The van der Waals surface area contributed by atoms with Gasteiger partial charge in [-0.3, -0.25) is 14.3 Å². The average molecular weight is 372 g/mol. The Labute approximate surface area is 150 Å². The van der Waals surface area contributed by atoms with Crippen LogP contribution >= 0.6 is 11.8 Å². The van der Waals surface area contributed by atoms with Crippen molar-refractivity contribution >= 4 is 43.4 Å². The van der Waals surface area contributed by atoms with Gasteiger partial charge < -0.3 is 4.98 Å². The first kappa shape index (κ1) is 16.2. The van der Waals surface area contributed by atoms with Crippen molar-refractivity contribution in [3.8, 4) is 0 Å². The summed E-state index contributed by atoms with van der Waals surface area (Å²) in [5, 5.41) is 1.93. The number of aromatic nitrogens is 2. The molecule has 6 nitrogen and oxygen atoms in total. The second-order valence-electron chi connectivity index (χ2n) is 5.62. The number of sulfonamides is 1. The first-order chi connectivity index (χ1) is 12.1. The van der Waals surface area contributed by atoms with Crippen molar-refractivity contribution < 1.29 is 8.42 Å². The lowest BCUT2D eigenvalue weighted by atomic mass is 10.2. The molecule has 1 aromatic carbocycles. The van der Waals surface area contributed by atoms with Crippen molar-refractivity contribution in [3.63, 3.8) is 0 Å². The van der Waals surface area contributed by atoms with Gasteiger partial charge in [-0.15, -0.1) is 11.8 Å². The highest BCUT2D eigenvalue weighted by molar-refractivity contribution is 8.14. The van der Waals surface area contributed by atoms with Gasteiger partial charge in [-0.25, -0.2) is 8.42 Å². The van der Waals surface area contributed by atoms with Crippen molar-refractivity contribution in [2.24, 2.45) is 4.99 Å². The first-order valence-electron chi connectivity index (χ1n) is 7.76. The molecule has 0 fully saturated rings. The van der Waals surface area contributed by atoms with Gasteiger partial charge in [-0.2, -0.15) is 0 Å². The van der Waals surface area contributed by atoms with Crippen molar-refractivity contribution in [1.82, 2.24) is 9.97 Å². The van der Waals surface area contributed by atoms with Gasteiger partial charge in [-0.1, -0.05) is 12.1 Å². The Hall–Kier alpha value is -2.32. The van der Waals surface area contributed by atoms with Gasteiger partial charge in [0.1, 0.15) is 9.94 Å². The Morgan fingerprint density at radius 3 is 2.84 bits per heavy atom. The molecule has 0 amide bonds. The molecule has 1 aliphatic rings. The minimum atomic E-state index is -3.68. The summed E-state index contributed by atoms with van der Waals surface area (Å²) >= 11 is 1.71. The number of para-hydroxylation sites is 1. The smallest absolute Gasteiger partial charge is 0.265 e. The number of aromatic amines is 1. The minimum absolute atomic E-state index is 0.164. The van der Waals surface area contributed by atoms with E-state index in [9.17, 15) is 8.42 Å². The van der Waals surface area contributed by atoms with E-state index in [4.69, 9.17) is 0 Å². The van der Waals surface area contributed by atoms with Crippen LogP contribution in [0.25, 0.3) is 10.9 Å². The quantitative estimate of drug-likeness (QED) is 0.764. The number of hydrogen-bond acceptors (Lipinski definition) is 5. The summed E-state index contributed by atoms with van der Waals surface area (Å²) in [7, 11) is -2.12. The Kier molecular flexibility index (Phi) is 4.01. The molecule has 0 spiro atoms. The normalized spacial score (nSPS) is 14.7. The molecule has 0 unspecified atom stereocenters. The number of anilines is 1. The molecule has 1 N–H and O–H groups in total. The summed E-state index contributed by atoms with van der Waals surface area (Å²) in [5.74, 6) is 0.979. The van der Waals surface area contributed by atoms with Gasteiger partial charge in [-0.05, 0) is 24.3 Å². The number of aliphatic imine (C=N–C) groups is 1. The molecule has 0 bridgehead atoms. The van der Waals surface area contributed by atoms with Crippen LogP contribution in [-0.4, -0.2) is 42.8 Å². The molecule has 128 valence electrons. The number of pyridine rings is 1. The minimum Gasteiger partial charge on any atom is -0.351 e. The van der Waals surface area contributed by atoms with Gasteiger partial charge in [0.05, 0.1) is 16.9 Å². The number of nitrogens with zero attached hydrogens (tertiary/aromatic N) is 3. The largest absolute Gasteiger partial charge is 0.351 e. The Bertz CT molecular complexity index is 1060. The summed E-state index contributed by atoms with van der Waals surface area (Å²) in [6.07, 6.45) is 2.91. The van der Waals surface area contributed by atoms with Crippen LogP contribution in [0.15, 0.2) is 58.7 Å². The van der Waals surface area contributed by atoms with E-state index in [1.54, 1.807) is 43.2 Å². The van der Waals surface area contributed by atoms with Crippen LogP contribution in [-0.2, 0) is 10.0 Å². The number of fused-ring (bicyclic) bond motifs is 1. The van der Waals surface area contributed by atoms with Gasteiger partial charge in [0.15, 0.2) is 0 Å². The van der Waals surface area contributed by atoms with E-state index in [0.717, 1.165) is 33.9 Å². The van der Waals surface area contributed by atoms with Crippen LogP contribution in [0.1, 0.15) is 5.69 Å². The second kappa shape index (κ2) is 6.20. The zero-order valence-corrected chi connectivity index (χ0v) is 15.1. The molecular weight excluding hydrogens is 356 g/mol. The lowest BCUT2D eigenvalue weighted by Crippen LogP contribution is -2.26. The third-order valence-electron chi connectivity index (χ3n) is 4.08. The topological polar surface area (TPSA) is 78.4 Å². The Morgan fingerprint density at radius 1 is 1.24 bits per heavy atom. The van der Waals surface area contributed by atoms with E-state index in [1.807, 2.05) is 18.2 Å². The van der Waals surface area contributed by atoms with E-state index in [0.29, 0.717) is 5.69 Å². The molecule has 8 heteroatoms. The van der Waals surface area contributed by atoms with Crippen molar-refractivity contribution in [2.45, 2.75) is 4.90 Å². The summed E-state index contributed by atoms with van der Waals surface area (Å²) in [4.78, 5) is 11.9. The molecule has 3 heterocycles.